The Balaban J connectivity index is 2.73. The van der Waals surface area contributed by atoms with E-state index < -0.39 is 24.3 Å². The van der Waals surface area contributed by atoms with Gasteiger partial charge in [0.2, 0.25) is 0 Å². The first-order valence-electron chi connectivity index (χ1n) is 4.01. The summed E-state index contributed by atoms with van der Waals surface area (Å²) in [6, 6.07) is 3.92. The second-order valence-corrected chi connectivity index (χ2v) is 2.81. The lowest BCUT2D eigenvalue weighted by Gasteiger charge is -2.14. The average Bonchev–Trinajstić information content (AvgIpc) is 2.17. The number of alkyl halides is 4. The van der Waals surface area contributed by atoms with Gasteiger partial charge < -0.3 is 9.84 Å². The van der Waals surface area contributed by atoms with Crippen LogP contribution in [-0.2, 0) is 0 Å². The second kappa shape index (κ2) is 4.38. The summed E-state index contributed by atoms with van der Waals surface area (Å²) in [5.41, 5.74) is -0.130. The van der Waals surface area contributed by atoms with Gasteiger partial charge in [0.1, 0.15) is 5.75 Å². The van der Waals surface area contributed by atoms with Crippen LogP contribution < -0.4 is 4.74 Å². The van der Waals surface area contributed by atoms with Gasteiger partial charge in [0, 0.05) is 0 Å². The van der Waals surface area contributed by atoms with E-state index in [-0.39, 0.29) is 5.56 Å². The third-order valence-electron chi connectivity index (χ3n) is 1.60. The van der Waals surface area contributed by atoms with Crippen molar-refractivity contribution >= 4 is 5.97 Å². The molecule has 16 heavy (non-hydrogen) atoms. The Morgan fingerprint density at radius 3 is 2.12 bits per heavy atom. The summed E-state index contributed by atoms with van der Waals surface area (Å²) in [5.74, 6) is -1.63. The Bertz CT molecular complexity index is 371. The molecule has 1 unspecified atom stereocenters. The first-order valence-corrected chi connectivity index (χ1v) is 4.01. The number of halogens is 4. The quantitative estimate of drug-likeness (QED) is 0.823. The number of aromatic carboxylic acids is 1. The molecule has 0 saturated heterocycles. The highest BCUT2D eigenvalue weighted by Gasteiger charge is 2.42. The van der Waals surface area contributed by atoms with E-state index in [1.165, 1.54) is 0 Å². The zero-order chi connectivity index (χ0) is 12.3. The van der Waals surface area contributed by atoms with Gasteiger partial charge in [-0.05, 0) is 24.3 Å². The van der Waals surface area contributed by atoms with Crippen LogP contribution in [0.5, 0.6) is 5.75 Å². The van der Waals surface area contributed by atoms with Crippen LogP contribution in [0.2, 0.25) is 0 Å². The number of carboxylic acid groups (broad SMARTS) is 1. The fourth-order valence-corrected chi connectivity index (χ4v) is 0.862. The van der Waals surface area contributed by atoms with Crippen molar-refractivity contribution in [2.24, 2.45) is 0 Å². The topological polar surface area (TPSA) is 46.5 Å². The molecule has 0 spiro atoms. The average molecular weight is 238 g/mol. The molecule has 7 heteroatoms. The van der Waals surface area contributed by atoms with Crippen LogP contribution >= 0.6 is 0 Å². The van der Waals surface area contributed by atoms with E-state index in [9.17, 15) is 22.4 Å². The van der Waals surface area contributed by atoms with Crippen molar-refractivity contribution in [2.45, 2.75) is 12.5 Å². The van der Waals surface area contributed by atoms with Crippen LogP contribution in [0.3, 0.4) is 0 Å². The predicted octanol–water partition coefficient (Wildman–Crippen LogP) is 2.62. The summed E-state index contributed by atoms with van der Waals surface area (Å²) in [6.07, 6.45) is -8.53. The highest BCUT2D eigenvalue weighted by Crippen LogP contribution is 2.26. The van der Waals surface area contributed by atoms with Crippen LogP contribution in [0.4, 0.5) is 17.6 Å². The number of ether oxygens (including phenoxy) is 1. The van der Waals surface area contributed by atoms with Gasteiger partial charge >= 0.3 is 18.5 Å². The Labute approximate surface area is 87.3 Å². The van der Waals surface area contributed by atoms with Crippen LogP contribution in [0.25, 0.3) is 0 Å². The third-order valence-corrected chi connectivity index (χ3v) is 1.60. The van der Waals surface area contributed by atoms with Crippen LogP contribution in [0, 0.1) is 0 Å². The van der Waals surface area contributed by atoms with Gasteiger partial charge in [-0.2, -0.15) is 17.6 Å². The lowest BCUT2D eigenvalue weighted by atomic mass is 10.2. The summed E-state index contributed by atoms with van der Waals surface area (Å²) in [7, 11) is 0. The van der Waals surface area contributed by atoms with Gasteiger partial charge in [-0.15, -0.1) is 0 Å². The highest BCUT2D eigenvalue weighted by atomic mass is 19.4. The minimum absolute atomic E-state index is 0.130. The monoisotopic (exact) mass is 238 g/mol. The standard InChI is InChI=1S/C9H6F4O3/c10-8(9(11,12)13)16-6-3-1-5(2-4-6)7(14)15/h1-4,8H,(H,14,15). The molecule has 1 rings (SSSR count). The molecule has 0 heterocycles. The van der Waals surface area contributed by atoms with E-state index in [1.54, 1.807) is 0 Å². The van der Waals surface area contributed by atoms with Crippen molar-refractivity contribution in [3.05, 3.63) is 29.8 Å². The molecule has 0 fully saturated rings. The zero-order valence-electron chi connectivity index (χ0n) is 7.66. The predicted molar refractivity (Wildman–Crippen MR) is 45.0 cm³/mol. The van der Waals surface area contributed by atoms with Crippen molar-refractivity contribution in [3.8, 4) is 5.75 Å². The molecule has 1 aromatic carbocycles. The van der Waals surface area contributed by atoms with Crippen LogP contribution in [0.15, 0.2) is 24.3 Å². The Morgan fingerprint density at radius 2 is 1.75 bits per heavy atom. The van der Waals surface area contributed by atoms with Crippen molar-refractivity contribution in [1.82, 2.24) is 0 Å². The molecule has 88 valence electrons. The van der Waals surface area contributed by atoms with Crippen LogP contribution in [-0.4, -0.2) is 23.6 Å². The minimum atomic E-state index is -5.11. The van der Waals surface area contributed by atoms with Crippen LogP contribution in [0.1, 0.15) is 10.4 Å². The van der Waals surface area contributed by atoms with E-state index in [1.807, 2.05) is 0 Å². The molecular weight excluding hydrogens is 232 g/mol. The lowest BCUT2D eigenvalue weighted by Crippen LogP contribution is -2.29. The largest absolute Gasteiger partial charge is 0.478 e. The summed E-state index contributed by atoms with van der Waals surface area (Å²) in [4.78, 5) is 10.4. The molecule has 0 aliphatic carbocycles. The van der Waals surface area contributed by atoms with Gasteiger partial charge in [0.15, 0.2) is 0 Å². The zero-order valence-corrected chi connectivity index (χ0v) is 7.66. The van der Waals surface area contributed by atoms with Gasteiger partial charge in [-0.3, -0.25) is 0 Å². The molecule has 0 bridgehead atoms. The molecule has 0 amide bonds. The number of carboxylic acids is 1. The molecule has 0 saturated carbocycles. The summed E-state index contributed by atoms with van der Waals surface area (Å²) < 4.78 is 51.6. The van der Waals surface area contributed by atoms with E-state index in [4.69, 9.17) is 5.11 Å². The number of benzene rings is 1. The molecule has 0 aliphatic heterocycles. The molecule has 0 aliphatic rings. The van der Waals surface area contributed by atoms with Gasteiger partial charge in [0.05, 0.1) is 5.56 Å². The lowest BCUT2D eigenvalue weighted by molar-refractivity contribution is -0.236. The number of rotatable bonds is 3. The number of hydrogen-bond acceptors (Lipinski definition) is 2. The van der Waals surface area contributed by atoms with E-state index in [2.05, 4.69) is 4.74 Å². The Hall–Kier alpha value is -1.79. The maximum Gasteiger partial charge on any atom is 0.457 e. The van der Waals surface area contributed by atoms with Crippen molar-refractivity contribution in [2.75, 3.05) is 0 Å². The molecule has 0 aromatic heterocycles. The van der Waals surface area contributed by atoms with Crippen molar-refractivity contribution in [3.63, 3.8) is 0 Å². The smallest absolute Gasteiger partial charge is 0.457 e. The molecule has 3 nitrogen and oxygen atoms in total. The summed E-state index contributed by atoms with van der Waals surface area (Å²) >= 11 is 0. The maximum absolute atomic E-state index is 12.4. The fourth-order valence-electron chi connectivity index (χ4n) is 0.862. The van der Waals surface area contributed by atoms with Crippen molar-refractivity contribution < 1.29 is 32.2 Å². The maximum atomic E-state index is 12.4. The molecule has 0 radical (unpaired) electrons. The van der Waals surface area contributed by atoms with Gasteiger partial charge in [0.25, 0.3) is 0 Å². The Morgan fingerprint density at radius 1 is 1.25 bits per heavy atom. The van der Waals surface area contributed by atoms with E-state index in [0.29, 0.717) is 0 Å². The summed E-state index contributed by atoms with van der Waals surface area (Å²) in [5, 5.41) is 8.49. The summed E-state index contributed by atoms with van der Waals surface area (Å²) in [6.45, 7) is 0. The SMILES string of the molecule is O=C(O)c1ccc(OC(F)C(F)(F)F)cc1. The molecule has 1 aromatic rings. The number of hydrogen-bond donors (Lipinski definition) is 1. The first-order chi connectivity index (χ1) is 7.30. The third kappa shape index (κ3) is 3.11. The second-order valence-electron chi connectivity index (χ2n) is 2.81. The molecular formula is C9H6F4O3. The molecule has 1 atom stereocenters. The van der Waals surface area contributed by atoms with Crippen molar-refractivity contribution in [1.29, 1.82) is 0 Å². The Kier molecular flexibility index (Phi) is 3.36. The first kappa shape index (κ1) is 12.3. The fraction of sp³-hybridized carbons (Fsp3) is 0.222. The minimum Gasteiger partial charge on any atom is -0.478 e. The molecule has 1 N–H and O–H groups in total. The normalized spacial score (nSPS) is 13.2. The van der Waals surface area contributed by atoms with Gasteiger partial charge in [-0.25, -0.2) is 4.79 Å². The van der Waals surface area contributed by atoms with Gasteiger partial charge in [-0.1, -0.05) is 0 Å². The highest BCUT2D eigenvalue weighted by molar-refractivity contribution is 5.87. The van der Waals surface area contributed by atoms with E-state index in [0.717, 1.165) is 24.3 Å². The van der Waals surface area contributed by atoms with E-state index >= 15 is 0 Å². The number of carbonyl (C=O) groups is 1.